The van der Waals surface area contributed by atoms with Crippen LogP contribution in [-0.2, 0) is 4.74 Å². The number of hydrogen-bond donors (Lipinski definition) is 1. The van der Waals surface area contributed by atoms with Crippen molar-refractivity contribution in [3.05, 3.63) is 29.1 Å². The molecule has 0 spiro atoms. The minimum absolute atomic E-state index is 0.354. The molecule has 0 atom stereocenters. The van der Waals surface area contributed by atoms with Gasteiger partial charge in [0.15, 0.2) is 11.6 Å². The monoisotopic (exact) mass is 238 g/mol. The van der Waals surface area contributed by atoms with Crippen molar-refractivity contribution in [3.63, 3.8) is 0 Å². The van der Waals surface area contributed by atoms with Gasteiger partial charge in [-0.25, -0.2) is 4.39 Å². The molecule has 1 aliphatic heterocycles. The molecule has 0 aliphatic carbocycles. The Morgan fingerprint density at radius 2 is 2.12 bits per heavy atom. The smallest absolute Gasteiger partial charge is 0.165 e. The number of rotatable bonds is 2. The van der Waals surface area contributed by atoms with Gasteiger partial charge < -0.3 is 9.84 Å². The molecule has 1 fully saturated rings. The lowest BCUT2D eigenvalue weighted by molar-refractivity contribution is 0.0397. The Bertz CT molecular complexity index is 429. The maximum absolute atomic E-state index is 13.3. The Hall–Kier alpha value is -1.62. The second-order valence-electron chi connectivity index (χ2n) is 4.00. The maximum atomic E-state index is 13.3. The SMILES string of the molecule is Cc1cc(F)c(O)c(/C=N/N2CCOCC2)c1. The molecule has 1 saturated heterocycles. The van der Waals surface area contributed by atoms with Crippen LogP contribution in [-0.4, -0.2) is 42.6 Å². The molecule has 0 unspecified atom stereocenters. The molecular formula is C12H15FN2O2. The zero-order chi connectivity index (χ0) is 12.3. The summed E-state index contributed by atoms with van der Waals surface area (Å²) >= 11 is 0. The average Bonchev–Trinajstić information content (AvgIpc) is 2.33. The topological polar surface area (TPSA) is 45.1 Å². The van der Waals surface area contributed by atoms with Crippen molar-refractivity contribution in [1.29, 1.82) is 0 Å². The van der Waals surface area contributed by atoms with Crippen molar-refractivity contribution in [2.45, 2.75) is 6.92 Å². The summed E-state index contributed by atoms with van der Waals surface area (Å²) in [5.74, 6) is -0.971. The fourth-order valence-corrected chi connectivity index (χ4v) is 1.67. The van der Waals surface area contributed by atoms with Gasteiger partial charge in [-0.15, -0.1) is 0 Å². The molecule has 0 radical (unpaired) electrons. The van der Waals surface area contributed by atoms with Gasteiger partial charge in [-0.2, -0.15) is 5.10 Å². The zero-order valence-corrected chi connectivity index (χ0v) is 9.69. The van der Waals surface area contributed by atoms with Crippen LogP contribution in [0.25, 0.3) is 0 Å². The molecule has 4 nitrogen and oxygen atoms in total. The normalized spacial score (nSPS) is 16.7. The number of hydrazone groups is 1. The average molecular weight is 238 g/mol. The Morgan fingerprint density at radius 1 is 1.41 bits per heavy atom. The standard InChI is InChI=1S/C12H15FN2O2/c1-9-6-10(12(16)11(13)7-9)8-14-15-2-4-17-5-3-15/h6-8,16H,2-5H2,1H3/b14-8+. The molecule has 5 heteroatoms. The van der Waals surface area contributed by atoms with Gasteiger partial charge >= 0.3 is 0 Å². The van der Waals surface area contributed by atoms with Gasteiger partial charge in [-0.05, 0) is 24.6 Å². The molecule has 1 N–H and O–H groups in total. The van der Waals surface area contributed by atoms with E-state index in [1.165, 1.54) is 12.3 Å². The van der Waals surface area contributed by atoms with Crippen LogP contribution in [0, 0.1) is 12.7 Å². The van der Waals surface area contributed by atoms with E-state index in [0.29, 0.717) is 31.9 Å². The summed E-state index contributed by atoms with van der Waals surface area (Å²) in [6.45, 7) is 4.49. The van der Waals surface area contributed by atoms with E-state index < -0.39 is 5.82 Å². The van der Waals surface area contributed by atoms with Crippen LogP contribution in [0.1, 0.15) is 11.1 Å². The first-order chi connectivity index (χ1) is 8.16. The van der Waals surface area contributed by atoms with Gasteiger partial charge in [0.05, 0.1) is 32.5 Å². The summed E-state index contributed by atoms with van der Waals surface area (Å²) in [5, 5.41) is 15.6. The molecule has 2 rings (SSSR count). The van der Waals surface area contributed by atoms with Crippen LogP contribution in [0.2, 0.25) is 0 Å². The first-order valence-electron chi connectivity index (χ1n) is 5.52. The number of phenolic OH excluding ortho intramolecular Hbond substituents is 1. The Kier molecular flexibility index (Phi) is 3.58. The molecule has 0 aromatic heterocycles. The highest BCUT2D eigenvalue weighted by Gasteiger charge is 2.09. The third kappa shape index (κ3) is 2.94. The highest BCUT2D eigenvalue weighted by atomic mass is 19.1. The molecule has 1 heterocycles. The quantitative estimate of drug-likeness (QED) is 0.794. The predicted octanol–water partition coefficient (Wildman–Crippen LogP) is 1.51. The van der Waals surface area contributed by atoms with E-state index in [-0.39, 0.29) is 5.75 Å². The lowest BCUT2D eigenvalue weighted by Crippen LogP contribution is -2.32. The van der Waals surface area contributed by atoms with Crippen molar-refractivity contribution in [3.8, 4) is 5.75 Å². The fourth-order valence-electron chi connectivity index (χ4n) is 1.67. The molecule has 1 aromatic carbocycles. The van der Waals surface area contributed by atoms with Gasteiger partial charge in [0.1, 0.15) is 0 Å². The van der Waals surface area contributed by atoms with Crippen molar-refractivity contribution in [2.75, 3.05) is 26.3 Å². The Labute approximate surface area is 99.3 Å². The summed E-state index contributed by atoms with van der Waals surface area (Å²) in [6, 6.07) is 2.99. The van der Waals surface area contributed by atoms with E-state index >= 15 is 0 Å². The first kappa shape index (κ1) is 11.9. The van der Waals surface area contributed by atoms with E-state index in [9.17, 15) is 9.50 Å². The van der Waals surface area contributed by atoms with Gasteiger partial charge in [-0.3, -0.25) is 5.01 Å². The van der Waals surface area contributed by atoms with Crippen LogP contribution >= 0.6 is 0 Å². The van der Waals surface area contributed by atoms with E-state index in [1.54, 1.807) is 13.0 Å². The van der Waals surface area contributed by atoms with Crippen molar-refractivity contribution in [1.82, 2.24) is 5.01 Å². The number of phenols is 1. The number of halogens is 1. The summed E-state index contributed by atoms with van der Waals surface area (Å²) in [6.07, 6.45) is 1.48. The molecule has 0 saturated carbocycles. The van der Waals surface area contributed by atoms with Gasteiger partial charge in [0, 0.05) is 5.56 Å². The zero-order valence-electron chi connectivity index (χ0n) is 9.69. The lowest BCUT2D eigenvalue weighted by Gasteiger charge is -2.23. The Morgan fingerprint density at radius 3 is 2.82 bits per heavy atom. The van der Waals surface area contributed by atoms with Crippen LogP contribution in [0.5, 0.6) is 5.75 Å². The predicted molar refractivity (Wildman–Crippen MR) is 62.8 cm³/mol. The lowest BCUT2D eigenvalue weighted by atomic mass is 10.1. The largest absolute Gasteiger partial charge is 0.504 e. The minimum atomic E-state index is -0.617. The third-order valence-corrected chi connectivity index (χ3v) is 2.58. The highest BCUT2D eigenvalue weighted by molar-refractivity contribution is 5.83. The number of nitrogens with zero attached hydrogens (tertiary/aromatic N) is 2. The summed E-state index contributed by atoms with van der Waals surface area (Å²) in [4.78, 5) is 0. The Balaban J connectivity index is 2.14. The third-order valence-electron chi connectivity index (χ3n) is 2.58. The first-order valence-corrected chi connectivity index (χ1v) is 5.52. The van der Waals surface area contributed by atoms with Crippen LogP contribution in [0.15, 0.2) is 17.2 Å². The molecular weight excluding hydrogens is 223 g/mol. The van der Waals surface area contributed by atoms with E-state index in [2.05, 4.69) is 5.10 Å². The van der Waals surface area contributed by atoms with Gasteiger partial charge in [-0.1, -0.05) is 0 Å². The fraction of sp³-hybridized carbons (Fsp3) is 0.417. The highest BCUT2D eigenvalue weighted by Crippen LogP contribution is 2.21. The molecule has 1 aromatic rings. The number of benzene rings is 1. The molecule has 0 amide bonds. The molecule has 1 aliphatic rings. The van der Waals surface area contributed by atoms with Crippen LogP contribution < -0.4 is 0 Å². The summed E-state index contributed by atoms with van der Waals surface area (Å²) in [7, 11) is 0. The second-order valence-corrected chi connectivity index (χ2v) is 4.00. The van der Waals surface area contributed by atoms with Crippen LogP contribution in [0.4, 0.5) is 4.39 Å². The van der Waals surface area contributed by atoms with Crippen molar-refractivity contribution >= 4 is 6.21 Å². The van der Waals surface area contributed by atoms with Crippen LogP contribution in [0.3, 0.4) is 0 Å². The molecule has 0 bridgehead atoms. The number of ether oxygens (including phenoxy) is 1. The second kappa shape index (κ2) is 5.14. The minimum Gasteiger partial charge on any atom is -0.504 e. The maximum Gasteiger partial charge on any atom is 0.165 e. The van der Waals surface area contributed by atoms with E-state index in [0.717, 1.165) is 5.56 Å². The summed E-state index contributed by atoms with van der Waals surface area (Å²) < 4.78 is 18.4. The van der Waals surface area contributed by atoms with Crippen molar-refractivity contribution in [2.24, 2.45) is 5.10 Å². The molecule has 17 heavy (non-hydrogen) atoms. The number of hydrogen-bond acceptors (Lipinski definition) is 4. The number of aryl methyl sites for hydroxylation is 1. The van der Waals surface area contributed by atoms with E-state index in [1.807, 2.05) is 5.01 Å². The van der Waals surface area contributed by atoms with Gasteiger partial charge in [0.2, 0.25) is 0 Å². The van der Waals surface area contributed by atoms with E-state index in [4.69, 9.17) is 4.74 Å². The number of morpholine rings is 1. The van der Waals surface area contributed by atoms with Gasteiger partial charge in [0.25, 0.3) is 0 Å². The number of aromatic hydroxyl groups is 1. The van der Waals surface area contributed by atoms with Crippen molar-refractivity contribution < 1.29 is 14.2 Å². The molecule has 92 valence electrons. The summed E-state index contributed by atoms with van der Waals surface area (Å²) in [5.41, 5.74) is 1.15.